The van der Waals surface area contributed by atoms with Crippen molar-refractivity contribution in [3.63, 3.8) is 0 Å². The third-order valence-corrected chi connectivity index (χ3v) is 4.84. The highest BCUT2D eigenvalue weighted by molar-refractivity contribution is 5.86. The molecule has 120 valence electrons. The van der Waals surface area contributed by atoms with Crippen LogP contribution >= 0.6 is 0 Å². The lowest BCUT2D eigenvalue weighted by Crippen LogP contribution is -2.45. The van der Waals surface area contributed by atoms with Gasteiger partial charge in [0.2, 0.25) is 5.91 Å². The number of likely N-dealkylation sites (tertiary alicyclic amines) is 1. The lowest BCUT2D eigenvalue weighted by atomic mass is 9.73. The second-order valence-corrected chi connectivity index (χ2v) is 6.48. The molecule has 1 saturated heterocycles. The fourth-order valence-electron chi connectivity index (χ4n) is 3.64. The zero-order valence-electron chi connectivity index (χ0n) is 13.6. The molecule has 0 aromatic rings. The van der Waals surface area contributed by atoms with Crippen molar-refractivity contribution in [2.45, 2.75) is 51.9 Å². The van der Waals surface area contributed by atoms with Crippen LogP contribution in [0.4, 0.5) is 0 Å². The van der Waals surface area contributed by atoms with Crippen molar-refractivity contribution in [3.05, 3.63) is 0 Å². The molecule has 1 spiro atoms. The molecule has 2 aliphatic rings. The average Bonchev–Trinajstić information content (AvgIpc) is 2.90. The first kappa shape index (κ1) is 16.1. The largest absolute Gasteiger partial charge is 0.355 e. The molecule has 21 heavy (non-hydrogen) atoms. The van der Waals surface area contributed by atoms with Crippen molar-refractivity contribution in [2.75, 3.05) is 33.2 Å². The van der Waals surface area contributed by atoms with E-state index in [1.807, 2.05) is 0 Å². The summed E-state index contributed by atoms with van der Waals surface area (Å²) >= 11 is 0. The molecule has 1 saturated carbocycles. The minimum Gasteiger partial charge on any atom is -0.355 e. The number of hydrogen-bond donors (Lipinski definition) is 2. The zero-order chi connectivity index (χ0) is 15.1. The molecule has 2 N–H and O–H groups in total. The summed E-state index contributed by atoms with van der Waals surface area (Å²) in [5.74, 6) is 0.925. The van der Waals surface area contributed by atoms with Crippen molar-refractivity contribution in [1.82, 2.24) is 15.5 Å². The zero-order valence-corrected chi connectivity index (χ0v) is 13.6. The molecule has 5 nitrogen and oxygen atoms in total. The Hall–Kier alpha value is -1.26. The summed E-state index contributed by atoms with van der Waals surface area (Å²) in [5, 5.41) is 6.09. The summed E-state index contributed by atoms with van der Waals surface area (Å²) < 4.78 is 0. The minimum atomic E-state index is 0.0459. The topological polar surface area (TPSA) is 56.7 Å². The lowest BCUT2D eigenvalue weighted by Gasteiger charge is -2.33. The normalized spacial score (nSPS) is 21.6. The Morgan fingerprint density at radius 3 is 2.62 bits per heavy atom. The number of nitrogens with zero attached hydrogens (tertiary/aromatic N) is 2. The van der Waals surface area contributed by atoms with E-state index in [1.165, 1.54) is 38.5 Å². The number of aliphatic imine (C=N–C) groups is 1. The molecule has 1 amide bonds. The molecule has 5 heteroatoms. The standard InChI is InChI=1S/C16H30N4O/c1-3-10-18-14(21)12-19-15(17-2)20-11-9-16(13-20)7-5-4-6-8-16/h3-13H2,1-2H3,(H,17,19)(H,18,21). The molecule has 1 aliphatic carbocycles. The fourth-order valence-corrected chi connectivity index (χ4v) is 3.64. The SMILES string of the molecule is CCCNC(=O)CNC(=NC)N1CCC2(CCCCC2)C1. The Balaban J connectivity index is 1.81. The van der Waals surface area contributed by atoms with Crippen molar-refractivity contribution < 1.29 is 4.79 Å². The van der Waals surface area contributed by atoms with Crippen LogP contribution in [0.25, 0.3) is 0 Å². The van der Waals surface area contributed by atoms with Gasteiger partial charge in [-0.1, -0.05) is 26.2 Å². The van der Waals surface area contributed by atoms with E-state index in [0.29, 0.717) is 12.0 Å². The molecule has 0 unspecified atom stereocenters. The van der Waals surface area contributed by atoms with Gasteiger partial charge in [0.25, 0.3) is 0 Å². The van der Waals surface area contributed by atoms with Crippen molar-refractivity contribution in [2.24, 2.45) is 10.4 Å². The van der Waals surface area contributed by atoms with Crippen LogP contribution in [-0.2, 0) is 4.79 Å². The summed E-state index contributed by atoms with van der Waals surface area (Å²) in [4.78, 5) is 18.4. The van der Waals surface area contributed by atoms with E-state index in [1.54, 1.807) is 7.05 Å². The molecule has 0 aromatic carbocycles. The summed E-state index contributed by atoms with van der Waals surface area (Å²) in [7, 11) is 1.80. The first-order valence-electron chi connectivity index (χ1n) is 8.41. The van der Waals surface area contributed by atoms with Gasteiger partial charge in [-0.25, -0.2) is 0 Å². The van der Waals surface area contributed by atoms with E-state index >= 15 is 0 Å². The molecule has 0 atom stereocenters. The highest BCUT2D eigenvalue weighted by Gasteiger charge is 2.39. The van der Waals surface area contributed by atoms with Gasteiger partial charge in [0, 0.05) is 26.7 Å². The van der Waals surface area contributed by atoms with Crippen LogP contribution in [0.3, 0.4) is 0 Å². The van der Waals surface area contributed by atoms with Gasteiger partial charge in [0.1, 0.15) is 0 Å². The van der Waals surface area contributed by atoms with Gasteiger partial charge in [-0.2, -0.15) is 0 Å². The van der Waals surface area contributed by atoms with Gasteiger partial charge in [0.15, 0.2) is 5.96 Å². The van der Waals surface area contributed by atoms with E-state index in [4.69, 9.17) is 0 Å². The second-order valence-electron chi connectivity index (χ2n) is 6.48. The van der Waals surface area contributed by atoms with Gasteiger partial charge in [-0.05, 0) is 31.1 Å². The van der Waals surface area contributed by atoms with Crippen molar-refractivity contribution >= 4 is 11.9 Å². The predicted molar refractivity (Wildman–Crippen MR) is 86.4 cm³/mol. The first-order valence-corrected chi connectivity index (χ1v) is 8.41. The third kappa shape index (κ3) is 4.35. The third-order valence-electron chi connectivity index (χ3n) is 4.84. The quantitative estimate of drug-likeness (QED) is 0.613. The van der Waals surface area contributed by atoms with E-state index < -0.39 is 0 Å². The van der Waals surface area contributed by atoms with Crippen LogP contribution < -0.4 is 10.6 Å². The maximum absolute atomic E-state index is 11.7. The van der Waals surface area contributed by atoms with Gasteiger partial charge in [0.05, 0.1) is 6.54 Å². The number of guanidine groups is 1. The molecule has 0 bridgehead atoms. The molecule has 1 aliphatic heterocycles. The van der Waals surface area contributed by atoms with Gasteiger partial charge >= 0.3 is 0 Å². The molecule has 2 rings (SSSR count). The van der Waals surface area contributed by atoms with Crippen LogP contribution in [0.1, 0.15) is 51.9 Å². The number of amides is 1. The molecular weight excluding hydrogens is 264 g/mol. The average molecular weight is 294 g/mol. The molecular formula is C16H30N4O. The summed E-state index contributed by atoms with van der Waals surface area (Å²) in [5.41, 5.74) is 0.514. The van der Waals surface area contributed by atoms with E-state index in [2.05, 4.69) is 27.4 Å². The Morgan fingerprint density at radius 2 is 1.95 bits per heavy atom. The van der Waals surface area contributed by atoms with Crippen LogP contribution in [0, 0.1) is 5.41 Å². The predicted octanol–water partition coefficient (Wildman–Crippen LogP) is 1.74. The van der Waals surface area contributed by atoms with Crippen LogP contribution in [0.2, 0.25) is 0 Å². The second kappa shape index (κ2) is 7.66. The molecule has 2 fully saturated rings. The van der Waals surface area contributed by atoms with E-state index in [-0.39, 0.29) is 5.91 Å². The number of carbonyl (C=O) groups is 1. The Labute approximate surface area is 128 Å². The Bertz CT molecular complexity index is 374. The highest BCUT2D eigenvalue weighted by Crippen LogP contribution is 2.43. The monoisotopic (exact) mass is 294 g/mol. The lowest BCUT2D eigenvalue weighted by molar-refractivity contribution is -0.120. The first-order chi connectivity index (χ1) is 10.2. The number of hydrogen-bond acceptors (Lipinski definition) is 2. The number of carbonyl (C=O) groups excluding carboxylic acids is 1. The van der Waals surface area contributed by atoms with Crippen LogP contribution in [-0.4, -0.2) is 50.0 Å². The maximum atomic E-state index is 11.7. The van der Waals surface area contributed by atoms with E-state index in [9.17, 15) is 4.79 Å². The minimum absolute atomic E-state index is 0.0459. The van der Waals surface area contributed by atoms with Crippen molar-refractivity contribution in [3.8, 4) is 0 Å². The van der Waals surface area contributed by atoms with Crippen LogP contribution in [0.5, 0.6) is 0 Å². The Morgan fingerprint density at radius 1 is 1.19 bits per heavy atom. The summed E-state index contributed by atoms with van der Waals surface area (Å²) in [6, 6.07) is 0. The van der Waals surface area contributed by atoms with Crippen molar-refractivity contribution in [1.29, 1.82) is 0 Å². The number of nitrogens with one attached hydrogen (secondary N) is 2. The molecule has 1 heterocycles. The smallest absolute Gasteiger partial charge is 0.239 e. The summed E-state index contributed by atoms with van der Waals surface area (Å²) in [6.07, 6.45) is 9.10. The van der Waals surface area contributed by atoms with Gasteiger partial charge < -0.3 is 15.5 Å². The van der Waals surface area contributed by atoms with E-state index in [0.717, 1.165) is 32.0 Å². The Kier molecular flexibility index (Phi) is 5.88. The van der Waals surface area contributed by atoms with Gasteiger partial charge in [-0.15, -0.1) is 0 Å². The highest BCUT2D eigenvalue weighted by atomic mass is 16.1. The fraction of sp³-hybridized carbons (Fsp3) is 0.875. The summed E-state index contributed by atoms with van der Waals surface area (Å²) in [6.45, 7) is 5.28. The van der Waals surface area contributed by atoms with Gasteiger partial charge in [-0.3, -0.25) is 9.79 Å². The molecule has 0 radical (unpaired) electrons. The maximum Gasteiger partial charge on any atom is 0.239 e. The molecule has 0 aromatic heterocycles. The number of rotatable bonds is 4. The van der Waals surface area contributed by atoms with Crippen LogP contribution in [0.15, 0.2) is 4.99 Å².